The van der Waals surface area contributed by atoms with Gasteiger partial charge in [0.15, 0.2) is 0 Å². The minimum atomic E-state index is -0.0886. The summed E-state index contributed by atoms with van der Waals surface area (Å²) >= 11 is 12.0. The maximum Gasteiger partial charge on any atom is 0.257 e. The predicted octanol–water partition coefficient (Wildman–Crippen LogP) is 2.81. The van der Waals surface area contributed by atoms with Gasteiger partial charge < -0.3 is 14.5 Å². The Morgan fingerprint density at radius 2 is 1.80 bits per heavy atom. The molecule has 1 heterocycles. The molecule has 0 N–H and O–H groups in total. The molecular formula is C13H17Cl3N2O2. The highest BCUT2D eigenvalue weighted by Gasteiger charge is 2.24. The first-order chi connectivity index (χ1) is 9.02. The van der Waals surface area contributed by atoms with Crippen LogP contribution in [0.25, 0.3) is 0 Å². The Labute approximate surface area is 135 Å². The van der Waals surface area contributed by atoms with Crippen LogP contribution in [0.4, 0.5) is 0 Å². The summed E-state index contributed by atoms with van der Waals surface area (Å²) in [6, 6.07) is 3.18. The number of halogens is 3. The molecule has 0 unspecified atom stereocenters. The van der Waals surface area contributed by atoms with Gasteiger partial charge >= 0.3 is 0 Å². The van der Waals surface area contributed by atoms with Crippen LogP contribution in [-0.4, -0.2) is 56.0 Å². The van der Waals surface area contributed by atoms with E-state index in [9.17, 15) is 4.79 Å². The number of benzene rings is 1. The second-order valence-electron chi connectivity index (χ2n) is 4.56. The van der Waals surface area contributed by atoms with Crippen LogP contribution in [0.2, 0.25) is 10.0 Å². The molecule has 1 aromatic carbocycles. The van der Waals surface area contributed by atoms with Crippen molar-refractivity contribution in [1.29, 1.82) is 0 Å². The minimum Gasteiger partial charge on any atom is -0.494 e. The molecule has 0 aliphatic carbocycles. The molecule has 2 rings (SSSR count). The van der Waals surface area contributed by atoms with Gasteiger partial charge in [-0.2, -0.15) is 0 Å². The maximum absolute atomic E-state index is 12.5. The number of rotatable bonds is 2. The Morgan fingerprint density at radius 1 is 1.20 bits per heavy atom. The summed E-state index contributed by atoms with van der Waals surface area (Å²) in [6.45, 7) is 3.12. The van der Waals surface area contributed by atoms with Gasteiger partial charge in [-0.3, -0.25) is 4.79 Å². The van der Waals surface area contributed by atoms with Crippen molar-refractivity contribution in [2.24, 2.45) is 0 Å². The van der Waals surface area contributed by atoms with E-state index in [2.05, 4.69) is 4.90 Å². The van der Waals surface area contributed by atoms with E-state index in [0.717, 1.165) is 13.1 Å². The third-order valence-electron chi connectivity index (χ3n) is 3.23. The molecule has 0 atom stereocenters. The molecule has 0 saturated carbocycles. The first-order valence-corrected chi connectivity index (χ1v) is 6.79. The van der Waals surface area contributed by atoms with Gasteiger partial charge in [0.05, 0.1) is 17.7 Å². The molecule has 1 amide bonds. The van der Waals surface area contributed by atoms with Crippen molar-refractivity contribution in [2.45, 2.75) is 0 Å². The molecule has 20 heavy (non-hydrogen) atoms. The molecule has 1 aromatic rings. The van der Waals surface area contributed by atoms with Gasteiger partial charge in [0.25, 0.3) is 5.91 Å². The molecule has 1 fully saturated rings. The average molecular weight is 340 g/mol. The second kappa shape index (κ2) is 7.36. The lowest BCUT2D eigenvalue weighted by molar-refractivity contribution is 0.0661. The normalized spacial score (nSPS) is 15.7. The van der Waals surface area contributed by atoms with Crippen molar-refractivity contribution in [1.82, 2.24) is 9.80 Å². The molecule has 0 radical (unpaired) electrons. The Kier molecular flexibility index (Phi) is 6.40. The number of likely N-dealkylation sites (N-methyl/N-ethyl adjacent to an activating group) is 1. The number of amides is 1. The zero-order valence-corrected chi connectivity index (χ0v) is 13.7. The van der Waals surface area contributed by atoms with Crippen molar-refractivity contribution < 1.29 is 9.53 Å². The fourth-order valence-electron chi connectivity index (χ4n) is 2.11. The third-order valence-corrected chi connectivity index (χ3v) is 3.73. The SMILES string of the molecule is COc1c(Cl)cc(Cl)cc1C(=O)N1CCN(C)CC1.Cl. The van der Waals surface area contributed by atoms with Crippen LogP contribution in [-0.2, 0) is 0 Å². The van der Waals surface area contributed by atoms with E-state index in [1.54, 1.807) is 17.0 Å². The fourth-order valence-corrected chi connectivity index (χ4v) is 2.68. The van der Waals surface area contributed by atoms with Gasteiger partial charge in [-0.15, -0.1) is 12.4 Å². The largest absolute Gasteiger partial charge is 0.494 e. The number of methoxy groups -OCH3 is 1. The van der Waals surface area contributed by atoms with Crippen LogP contribution >= 0.6 is 35.6 Å². The van der Waals surface area contributed by atoms with E-state index >= 15 is 0 Å². The van der Waals surface area contributed by atoms with Crippen molar-refractivity contribution in [3.05, 3.63) is 27.7 Å². The summed E-state index contributed by atoms with van der Waals surface area (Å²) in [5.74, 6) is 0.296. The average Bonchev–Trinajstić information content (AvgIpc) is 2.38. The standard InChI is InChI=1S/C13H16Cl2N2O2.ClH/c1-16-3-5-17(6-4-16)13(18)10-7-9(14)8-11(15)12(10)19-2;/h7-8H,3-6H2,1-2H3;1H. The first kappa shape index (κ1) is 17.4. The van der Waals surface area contributed by atoms with Crippen molar-refractivity contribution >= 4 is 41.5 Å². The lowest BCUT2D eigenvalue weighted by atomic mass is 10.1. The van der Waals surface area contributed by atoms with Gasteiger partial charge in [-0.05, 0) is 19.2 Å². The number of hydrogen-bond donors (Lipinski definition) is 0. The molecule has 0 bridgehead atoms. The van der Waals surface area contributed by atoms with Crippen LogP contribution in [0.3, 0.4) is 0 Å². The zero-order valence-electron chi connectivity index (χ0n) is 11.4. The van der Waals surface area contributed by atoms with Gasteiger partial charge in [0.2, 0.25) is 0 Å². The topological polar surface area (TPSA) is 32.8 Å². The van der Waals surface area contributed by atoms with Gasteiger partial charge in [-0.1, -0.05) is 23.2 Å². The Balaban J connectivity index is 0.00000200. The lowest BCUT2D eigenvalue weighted by Crippen LogP contribution is -2.47. The molecule has 1 aliphatic heterocycles. The molecule has 4 nitrogen and oxygen atoms in total. The minimum absolute atomic E-state index is 0. The molecule has 0 aromatic heterocycles. The van der Waals surface area contributed by atoms with Crippen LogP contribution in [0, 0.1) is 0 Å². The number of hydrogen-bond acceptors (Lipinski definition) is 3. The lowest BCUT2D eigenvalue weighted by Gasteiger charge is -2.32. The van der Waals surface area contributed by atoms with Crippen molar-refractivity contribution in [3.63, 3.8) is 0 Å². The van der Waals surface area contributed by atoms with Gasteiger partial charge in [-0.25, -0.2) is 0 Å². The van der Waals surface area contributed by atoms with E-state index in [0.29, 0.717) is 34.4 Å². The van der Waals surface area contributed by atoms with Crippen LogP contribution in [0.5, 0.6) is 5.75 Å². The summed E-state index contributed by atoms with van der Waals surface area (Å²) in [4.78, 5) is 16.5. The quantitative estimate of drug-likeness (QED) is 0.830. The van der Waals surface area contributed by atoms with Crippen LogP contribution in [0.15, 0.2) is 12.1 Å². The first-order valence-electron chi connectivity index (χ1n) is 6.03. The molecule has 1 aliphatic rings. The van der Waals surface area contributed by atoms with E-state index in [1.807, 2.05) is 7.05 Å². The number of piperazine rings is 1. The highest BCUT2D eigenvalue weighted by atomic mass is 35.5. The summed E-state index contributed by atoms with van der Waals surface area (Å²) in [7, 11) is 3.54. The monoisotopic (exact) mass is 338 g/mol. The molecular weight excluding hydrogens is 323 g/mol. The Morgan fingerprint density at radius 3 is 2.35 bits per heavy atom. The summed E-state index contributed by atoms with van der Waals surface area (Å²) < 4.78 is 5.22. The van der Waals surface area contributed by atoms with E-state index < -0.39 is 0 Å². The molecule has 1 saturated heterocycles. The zero-order chi connectivity index (χ0) is 14.0. The molecule has 0 spiro atoms. The molecule has 112 valence electrons. The van der Waals surface area contributed by atoms with Crippen LogP contribution < -0.4 is 4.74 Å². The van der Waals surface area contributed by atoms with E-state index in [-0.39, 0.29) is 18.3 Å². The number of carbonyl (C=O) groups is 1. The van der Waals surface area contributed by atoms with Gasteiger partial charge in [0.1, 0.15) is 5.75 Å². The highest BCUT2D eigenvalue weighted by molar-refractivity contribution is 6.36. The fraction of sp³-hybridized carbons (Fsp3) is 0.462. The van der Waals surface area contributed by atoms with Crippen LogP contribution in [0.1, 0.15) is 10.4 Å². The number of carbonyl (C=O) groups excluding carboxylic acids is 1. The summed E-state index contributed by atoms with van der Waals surface area (Å²) in [5, 5.41) is 0.788. The van der Waals surface area contributed by atoms with Crippen molar-refractivity contribution in [3.8, 4) is 5.75 Å². The third kappa shape index (κ3) is 3.70. The summed E-state index contributed by atoms with van der Waals surface area (Å²) in [6.07, 6.45) is 0. The Bertz CT molecular complexity index is 489. The second-order valence-corrected chi connectivity index (χ2v) is 5.41. The smallest absolute Gasteiger partial charge is 0.257 e. The Hall–Kier alpha value is -0.680. The number of ether oxygens (including phenoxy) is 1. The van der Waals surface area contributed by atoms with E-state index in [1.165, 1.54) is 7.11 Å². The predicted molar refractivity (Wildman–Crippen MR) is 83.7 cm³/mol. The maximum atomic E-state index is 12.5. The number of nitrogens with zero attached hydrogens (tertiary/aromatic N) is 2. The van der Waals surface area contributed by atoms with E-state index in [4.69, 9.17) is 27.9 Å². The van der Waals surface area contributed by atoms with Crippen molar-refractivity contribution in [2.75, 3.05) is 40.3 Å². The highest BCUT2D eigenvalue weighted by Crippen LogP contribution is 2.33. The molecule has 7 heteroatoms. The summed E-state index contributed by atoms with van der Waals surface area (Å²) in [5.41, 5.74) is 0.421. The van der Waals surface area contributed by atoms with Gasteiger partial charge in [0, 0.05) is 31.2 Å².